The Bertz CT molecular complexity index is 410. The largest absolute Gasteiger partial charge is 0.394 e. The number of benzene rings is 1. The third-order valence-corrected chi connectivity index (χ3v) is 3.10. The molecule has 1 aliphatic rings. The number of nitrogens with zero attached hydrogens (tertiary/aromatic N) is 1. The molecule has 5 heteroatoms. The van der Waals surface area contributed by atoms with E-state index in [4.69, 9.17) is 9.84 Å². The molecule has 2 unspecified atom stereocenters. The van der Waals surface area contributed by atoms with Gasteiger partial charge in [0.1, 0.15) is 0 Å². The van der Waals surface area contributed by atoms with Gasteiger partial charge in [-0.25, -0.2) is 4.79 Å². The van der Waals surface area contributed by atoms with Crippen LogP contribution in [0.4, 0.5) is 4.79 Å². The molecule has 2 N–H and O–H groups in total. The number of aliphatic hydroxyl groups excluding tert-OH is 1. The van der Waals surface area contributed by atoms with Crippen molar-refractivity contribution in [2.24, 2.45) is 0 Å². The van der Waals surface area contributed by atoms with Crippen molar-refractivity contribution in [3.8, 4) is 0 Å². The van der Waals surface area contributed by atoms with Crippen LogP contribution < -0.4 is 5.32 Å². The van der Waals surface area contributed by atoms with Gasteiger partial charge in [0.25, 0.3) is 0 Å². The number of carbonyl (C=O) groups is 1. The predicted octanol–water partition coefficient (Wildman–Crippen LogP) is 0.978. The number of morpholine rings is 1. The Balaban J connectivity index is 1.85. The number of nitrogens with one attached hydrogen (secondary N) is 1. The van der Waals surface area contributed by atoms with Gasteiger partial charge in [-0.15, -0.1) is 0 Å². The van der Waals surface area contributed by atoms with E-state index in [1.54, 1.807) is 4.90 Å². The lowest BCUT2D eigenvalue weighted by Crippen LogP contribution is -2.53. The van der Waals surface area contributed by atoms with E-state index in [1.807, 2.05) is 37.3 Å². The van der Waals surface area contributed by atoms with Gasteiger partial charge in [-0.1, -0.05) is 30.3 Å². The number of carbonyl (C=O) groups excluding carboxylic acids is 1. The summed E-state index contributed by atoms with van der Waals surface area (Å²) in [5.41, 5.74) is 1.07. The van der Waals surface area contributed by atoms with Crippen LogP contribution in [0.15, 0.2) is 30.3 Å². The lowest BCUT2D eigenvalue weighted by Gasteiger charge is -2.36. The number of amides is 2. The second-order valence-corrected chi connectivity index (χ2v) is 4.80. The zero-order chi connectivity index (χ0) is 13.7. The second-order valence-electron chi connectivity index (χ2n) is 4.80. The van der Waals surface area contributed by atoms with Crippen LogP contribution in [-0.2, 0) is 11.3 Å². The first-order chi connectivity index (χ1) is 9.19. The summed E-state index contributed by atoms with van der Waals surface area (Å²) in [6, 6.07) is 9.66. The van der Waals surface area contributed by atoms with E-state index in [9.17, 15) is 4.79 Å². The van der Waals surface area contributed by atoms with Gasteiger partial charge < -0.3 is 20.1 Å². The molecule has 5 nitrogen and oxygen atoms in total. The Morgan fingerprint density at radius 3 is 2.84 bits per heavy atom. The molecule has 1 aliphatic heterocycles. The highest BCUT2D eigenvalue weighted by Crippen LogP contribution is 2.11. The Morgan fingerprint density at radius 2 is 2.16 bits per heavy atom. The van der Waals surface area contributed by atoms with Crippen LogP contribution >= 0.6 is 0 Å². The van der Waals surface area contributed by atoms with Gasteiger partial charge in [0.15, 0.2) is 0 Å². The minimum atomic E-state index is -0.286. The number of hydrogen-bond donors (Lipinski definition) is 2. The van der Waals surface area contributed by atoms with Crippen molar-refractivity contribution in [1.82, 2.24) is 10.2 Å². The Morgan fingerprint density at radius 1 is 1.42 bits per heavy atom. The normalized spacial score (nSPS) is 23.2. The maximum absolute atomic E-state index is 12.1. The summed E-state index contributed by atoms with van der Waals surface area (Å²) < 4.78 is 5.51. The van der Waals surface area contributed by atoms with Gasteiger partial charge in [-0.05, 0) is 12.5 Å². The highest BCUT2D eigenvalue weighted by atomic mass is 16.5. The zero-order valence-corrected chi connectivity index (χ0v) is 11.1. The lowest BCUT2D eigenvalue weighted by atomic mass is 10.2. The van der Waals surface area contributed by atoms with Crippen molar-refractivity contribution in [3.63, 3.8) is 0 Å². The molecule has 0 spiro atoms. The zero-order valence-electron chi connectivity index (χ0n) is 11.1. The smallest absolute Gasteiger partial charge is 0.317 e. The second kappa shape index (κ2) is 6.54. The topological polar surface area (TPSA) is 61.8 Å². The molecule has 0 saturated carbocycles. The third kappa shape index (κ3) is 3.94. The molecule has 19 heavy (non-hydrogen) atoms. The fourth-order valence-corrected chi connectivity index (χ4v) is 2.20. The monoisotopic (exact) mass is 264 g/mol. The third-order valence-electron chi connectivity index (χ3n) is 3.10. The van der Waals surface area contributed by atoms with Crippen molar-refractivity contribution < 1.29 is 14.6 Å². The summed E-state index contributed by atoms with van der Waals surface area (Å²) in [6.45, 7) is 3.33. The molecule has 1 heterocycles. The van der Waals surface area contributed by atoms with Gasteiger partial charge in [-0.3, -0.25) is 0 Å². The molecule has 0 radical (unpaired) electrons. The van der Waals surface area contributed by atoms with Crippen molar-refractivity contribution in [3.05, 3.63) is 35.9 Å². The lowest BCUT2D eigenvalue weighted by molar-refractivity contribution is -0.0834. The van der Waals surface area contributed by atoms with Gasteiger partial charge in [0, 0.05) is 13.1 Å². The summed E-state index contributed by atoms with van der Waals surface area (Å²) in [6.07, 6.45) is -0.334. The van der Waals surface area contributed by atoms with E-state index >= 15 is 0 Å². The summed E-state index contributed by atoms with van der Waals surface area (Å²) in [4.78, 5) is 13.7. The molecule has 104 valence electrons. The maximum Gasteiger partial charge on any atom is 0.317 e. The summed E-state index contributed by atoms with van der Waals surface area (Å²) in [5.74, 6) is 0. The minimum Gasteiger partial charge on any atom is -0.394 e. The standard InChI is InChI=1S/C14H20N2O3/c1-11-8-16(9-13(10-17)19-11)14(18)15-7-12-5-3-2-4-6-12/h2-6,11,13,17H,7-10H2,1H3,(H,15,18). The van der Waals surface area contributed by atoms with E-state index in [0.717, 1.165) is 5.56 Å². The SMILES string of the molecule is CC1CN(C(=O)NCc2ccccc2)CC(CO)O1. The van der Waals surface area contributed by atoms with Crippen LogP contribution in [0.25, 0.3) is 0 Å². The first-order valence-electron chi connectivity index (χ1n) is 6.52. The van der Waals surface area contributed by atoms with Crippen molar-refractivity contribution in [2.45, 2.75) is 25.7 Å². The van der Waals surface area contributed by atoms with Gasteiger partial charge in [0.2, 0.25) is 0 Å². The number of hydrogen-bond acceptors (Lipinski definition) is 3. The first-order valence-corrected chi connectivity index (χ1v) is 6.52. The molecule has 1 aromatic carbocycles. The fraction of sp³-hybridized carbons (Fsp3) is 0.500. The number of urea groups is 1. The molecule has 0 aliphatic carbocycles. The van der Waals surface area contributed by atoms with E-state index in [0.29, 0.717) is 19.6 Å². The molecule has 2 rings (SSSR count). The van der Waals surface area contributed by atoms with Gasteiger partial charge in [-0.2, -0.15) is 0 Å². The van der Waals surface area contributed by atoms with Gasteiger partial charge in [0.05, 0.1) is 25.4 Å². The predicted molar refractivity (Wildman–Crippen MR) is 71.7 cm³/mol. The van der Waals surface area contributed by atoms with Crippen molar-refractivity contribution in [1.29, 1.82) is 0 Å². The summed E-state index contributed by atoms with van der Waals surface area (Å²) in [7, 11) is 0. The highest BCUT2D eigenvalue weighted by molar-refractivity contribution is 5.74. The van der Waals surface area contributed by atoms with Gasteiger partial charge >= 0.3 is 6.03 Å². The van der Waals surface area contributed by atoms with Crippen LogP contribution in [0.2, 0.25) is 0 Å². The molecular weight excluding hydrogens is 244 g/mol. The molecule has 0 aromatic heterocycles. The number of aliphatic hydroxyl groups is 1. The van der Waals surface area contributed by atoms with Crippen molar-refractivity contribution >= 4 is 6.03 Å². The number of rotatable bonds is 3. The molecule has 1 fully saturated rings. The molecule has 1 aromatic rings. The highest BCUT2D eigenvalue weighted by Gasteiger charge is 2.27. The summed E-state index contributed by atoms with van der Waals surface area (Å²) >= 11 is 0. The molecule has 1 saturated heterocycles. The van der Waals surface area contributed by atoms with Crippen molar-refractivity contribution in [2.75, 3.05) is 19.7 Å². The minimum absolute atomic E-state index is 0.0478. The maximum atomic E-state index is 12.1. The molecule has 2 amide bonds. The Hall–Kier alpha value is -1.59. The quantitative estimate of drug-likeness (QED) is 0.855. The summed E-state index contributed by atoms with van der Waals surface area (Å²) in [5, 5.41) is 12.0. The Labute approximate surface area is 113 Å². The average molecular weight is 264 g/mol. The van der Waals surface area contributed by atoms with E-state index in [1.165, 1.54) is 0 Å². The first kappa shape index (κ1) is 13.8. The van der Waals surface area contributed by atoms with Crippen LogP contribution in [-0.4, -0.2) is 47.9 Å². The van der Waals surface area contributed by atoms with Crippen LogP contribution in [0.1, 0.15) is 12.5 Å². The van der Waals surface area contributed by atoms with E-state index in [2.05, 4.69) is 5.32 Å². The van der Waals surface area contributed by atoms with E-state index in [-0.39, 0.29) is 24.8 Å². The van der Waals surface area contributed by atoms with Crippen LogP contribution in [0.3, 0.4) is 0 Å². The van der Waals surface area contributed by atoms with Crippen LogP contribution in [0, 0.1) is 0 Å². The Kier molecular flexibility index (Phi) is 4.76. The van der Waals surface area contributed by atoms with Crippen LogP contribution in [0.5, 0.6) is 0 Å². The van der Waals surface area contributed by atoms with E-state index < -0.39 is 0 Å². The molecule has 2 atom stereocenters. The fourth-order valence-electron chi connectivity index (χ4n) is 2.20. The number of ether oxygens (including phenoxy) is 1. The molecule has 0 bridgehead atoms. The average Bonchev–Trinajstić information content (AvgIpc) is 2.45. The molecular formula is C14H20N2O3.